The fraction of sp³-hybridized carbons (Fsp3) is 0.714. The highest BCUT2D eigenvalue weighted by atomic mass is 15.2. The zero-order chi connectivity index (χ0) is 12.3. The summed E-state index contributed by atoms with van der Waals surface area (Å²) in [5, 5.41) is 3.43. The van der Waals surface area contributed by atoms with Gasteiger partial charge in [-0.05, 0) is 24.0 Å². The van der Waals surface area contributed by atoms with Crippen molar-refractivity contribution in [2.45, 2.75) is 26.3 Å². The number of hydrogen-bond donors (Lipinski definition) is 1. The van der Waals surface area contributed by atoms with Gasteiger partial charge in [0.15, 0.2) is 0 Å². The van der Waals surface area contributed by atoms with Crippen molar-refractivity contribution in [3.63, 3.8) is 0 Å². The minimum absolute atomic E-state index is 0.680. The quantitative estimate of drug-likeness (QED) is 0.853. The standard InChI is InChI=1S/C14H25N3/c1-12(2)14(17-8-5-15-6-9-17)10-13-4-7-16(3)11-13/h4,7,11-12,14-15H,5-6,8-10H2,1-3H3. The Morgan fingerprint density at radius 2 is 2.00 bits per heavy atom. The Morgan fingerprint density at radius 3 is 2.53 bits per heavy atom. The van der Waals surface area contributed by atoms with Crippen LogP contribution in [0.15, 0.2) is 18.5 Å². The van der Waals surface area contributed by atoms with Gasteiger partial charge in [-0.15, -0.1) is 0 Å². The lowest BCUT2D eigenvalue weighted by Crippen LogP contribution is -2.50. The number of aryl methyl sites for hydroxylation is 1. The normalized spacial score (nSPS) is 19.8. The van der Waals surface area contributed by atoms with E-state index in [1.54, 1.807) is 0 Å². The van der Waals surface area contributed by atoms with Gasteiger partial charge in [-0.2, -0.15) is 0 Å². The van der Waals surface area contributed by atoms with E-state index in [1.165, 1.54) is 25.1 Å². The molecule has 3 heteroatoms. The summed E-state index contributed by atoms with van der Waals surface area (Å²) in [5.74, 6) is 0.716. The predicted octanol–water partition coefficient (Wildman–Crippen LogP) is 1.50. The molecule has 1 aromatic heterocycles. The molecule has 0 spiro atoms. The SMILES string of the molecule is CC(C)C(Cc1ccn(C)c1)N1CCNCC1. The number of nitrogens with zero attached hydrogens (tertiary/aromatic N) is 2. The molecular formula is C14H25N3. The molecule has 1 atom stereocenters. The Morgan fingerprint density at radius 1 is 1.29 bits per heavy atom. The van der Waals surface area contributed by atoms with Crippen LogP contribution in [-0.4, -0.2) is 41.7 Å². The summed E-state index contributed by atoms with van der Waals surface area (Å²) in [4.78, 5) is 2.65. The lowest BCUT2D eigenvalue weighted by molar-refractivity contribution is 0.136. The van der Waals surface area contributed by atoms with E-state index < -0.39 is 0 Å². The molecule has 1 fully saturated rings. The Balaban J connectivity index is 2.01. The second-order valence-electron chi connectivity index (χ2n) is 5.49. The maximum atomic E-state index is 3.43. The molecule has 2 rings (SSSR count). The van der Waals surface area contributed by atoms with E-state index in [0.29, 0.717) is 12.0 Å². The van der Waals surface area contributed by atoms with Crippen LogP contribution in [0.2, 0.25) is 0 Å². The number of piperazine rings is 1. The van der Waals surface area contributed by atoms with Crippen LogP contribution >= 0.6 is 0 Å². The Hall–Kier alpha value is -0.800. The zero-order valence-corrected chi connectivity index (χ0v) is 11.3. The molecule has 1 saturated heterocycles. The molecule has 0 radical (unpaired) electrons. The second-order valence-corrected chi connectivity index (χ2v) is 5.49. The maximum absolute atomic E-state index is 3.43. The van der Waals surface area contributed by atoms with Gasteiger partial charge >= 0.3 is 0 Å². The minimum Gasteiger partial charge on any atom is -0.357 e. The van der Waals surface area contributed by atoms with Crippen LogP contribution in [0.4, 0.5) is 0 Å². The fourth-order valence-electron chi connectivity index (χ4n) is 2.72. The lowest BCUT2D eigenvalue weighted by Gasteiger charge is -2.37. The van der Waals surface area contributed by atoms with Crippen LogP contribution in [0.1, 0.15) is 19.4 Å². The number of hydrogen-bond acceptors (Lipinski definition) is 2. The first kappa shape index (κ1) is 12.7. The van der Waals surface area contributed by atoms with Crippen molar-refractivity contribution in [3.05, 3.63) is 24.0 Å². The van der Waals surface area contributed by atoms with Gasteiger partial charge in [-0.3, -0.25) is 4.90 Å². The largest absolute Gasteiger partial charge is 0.357 e. The van der Waals surface area contributed by atoms with Crippen LogP contribution in [-0.2, 0) is 13.5 Å². The van der Waals surface area contributed by atoms with E-state index in [4.69, 9.17) is 0 Å². The summed E-state index contributed by atoms with van der Waals surface area (Å²) in [5.41, 5.74) is 1.46. The van der Waals surface area contributed by atoms with E-state index in [9.17, 15) is 0 Å². The highest BCUT2D eigenvalue weighted by molar-refractivity contribution is 5.12. The number of rotatable bonds is 4. The van der Waals surface area contributed by atoms with Gasteiger partial charge < -0.3 is 9.88 Å². The monoisotopic (exact) mass is 235 g/mol. The lowest BCUT2D eigenvalue weighted by atomic mass is 9.95. The molecule has 3 nitrogen and oxygen atoms in total. The molecule has 1 unspecified atom stereocenters. The molecule has 0 aromatic carbocycles. The first-order valence-corrected chi connectivity index (χ1v) is 6.72. The van der Waals surface area contributed by atoms with Crippen molar-refractivity contribution in [2.24, 2.45) is 13.0 Å². The fourth-order valence-corrected chi connectivity index (χ4v) is 2.72. The summed E-state index contributed by atoms with van der Waals surface area (Å²) < 4.78 is 2.14. The number of aromatic nitrogens is 1. The van der Waals surface area contributed by atoms with Crippen LogP contribution in [0.5, 0.6) is 0 Å². The molecule has 1 aliphatic heterocycles. The molecule has 0 saturated carbocycles. The van der Waals surface area contributed by atoms with Gasteiger partial charge in [-0.1, -0.05) is 13.8 Å². The van der Waals surface area contributed by atoms with Gasteiger partial charge in [0.25, 0.3) is 0 Å². The molecule has 17 heavy (non-hydrogen) atoms. The summed E-state index contributed by atoms with van der Waals surface area (Å²) in [7, 11) is 2.10. The van der Waals surface area contributed by atoms with Crippen molar-refractivity contribution in [1.82, 2.24) is 14.8 Å². The average Bonchev–Trinajstić information content (AvgIpc) is 2.73. The van der Waals surface area contributed by atoms with Crippen LogP contribution in [0.25, 0.3) is 0 Å². The maximum Gasteiger partial charge on any atom is 0.0160 e. The van der Waals surface area contributed by atoms with E-state index in [0.717, 1.165) is 13.1 Å². The van der Waals surface area contributed by atoms with E-state index in [2.05, 4.69) is 54.1 Å². The van der Waals surface area contributed by atoms with Gasteiger partial charge in [0.2, 0.25) is 0 Å². The molecule has 1 aliphatic rings. The molecule has 0 bridgehead atoms. The minimum atomic E-state index is 0.680. The molecule has 96 valence electrons. The van der Waals surface area contributed by atoms with Gasteiger partial charge in [0.1, 0.15) is 0 Å². The summed E-state index contributed by atoms with van der Waals surface area (Å²) in [6, 6.07) is 2.93. The van der Waals surface area contributed by atoms with Crippen LogP contribution < -0.4 is 5.32 Å². The average molecular weight is 235 g/mol. The highest BCUT2D eigenvalue weighted by Crippen LogP contribution is 2.17. The molecule has 0 amide bonds. The predicted molar refractivity (Wildman–Crippen MR) is 72.2 cm³/mol. The molecule has 2 heterocycles. The van der Waals surface area contributed by atoms with E-state index in [-0.39, 0.29) is 0 Å². The Kier molecular flexibility index (Phi) is 4.24. The van der Waals surface area contributed by atoms with E-state index in [1.807, 2.05) is 0 Å². The Labute approximate surface area is 105 Å². The third kappa shape index (κ3) is 3.33. The topological polar surface area (TPSA) is 20.2 Å². The van der Waals surface area contributed by atoms with Crippen molar-refractivity contribution >= 4 is 0 Å². The third-order valence-corrected chi connectivity index (χ3v) is 3.73. The second kappa shape index (κ2) is 5.69. The molecule has 0 aliphatic carbocycles. The molecule has 1 aromatic rings. The number of nitrogens with one attached hydrogen (secondary N) is 1. The van der Waals surface area contributed by atoms with Crippen molar-refractivity contribution < 1.29 is 0 Å². The van der Waals surface area contributed by atoms with Gasteiger partial charge in [0, 0.05) is 51.7 Å². The first-order chi connectivity index (χ1) is 8.16. The summed E-state index contributed by atoms with van der Waals surface area (Å²) >= 11 is 0. The van der Waals surface area contributed by atoms with Gasteiger partial charge in [0.05, 0.1) is 0 Å². The summed E-state index contributed by atoms with van der Waals surface area (Å²) in [6.07, 6.45) is 5.57. The Bertz CT molecular complexity index is 337. The van der Waals surface area contributed by atoms with Crippen LogP contribution in [0.3, 0.4) is 0 Å². The van der Waals surface area contributed by atoms with Crippen LogP contribution in [0, 0.1) is 5.92 Å². The third-order valence-electron chi connectivity index (χ3n) is 3.73. The molecular weight excluding hydrogens is 210 g/mol. The van der Waals surface area contributed by atoms with Crippen molar-refractivity contribution in [3.8, 4) is 0 Å². The smallest absolute Gasteiger partial charge is 0.0160 e. The molecule has 1 N–H and O–H groups in total. The first-order valence-electron chi connectivity index (χ1n) is 6.72. The van der Waals surface area contributed by atoms with Crippen molar-refractivity contribution in [2.75, 3.05) is 26.2 Å². The highest BCUT2D eigenvalue weighted by Gasteiger charge is 2.23. The zero-order valence-electron chi connectivity index (χ0n) is 11.3. The van der Waals surface area contributed by atoms with Crippen molar-refractivity contribution in [1.29, 1.82) is 0 Å². The summed E-state index contributed by atoms with van der Waals surface area (Å²) in [6.45, 7) is 9.34. The van der Waals surface area contributed by atoms with Gasteiger partial charge in [-0.25, -0.2) is 0 Å². The van der Waals surface area contributed by atoms with E-state index >= 15 is 0 Å².